The first-order valence-electron chi connectivity index (χ1n) is 12.1. The second-order valence-corrected chi connectivity index (χ2v) is 9.45. The predicted octanol–water partition coefficient (Wildman–Crippen LogP) is 0.998. The molecule has 1 aliphatic heterocycles. The van der Waals surface area contributed by atoms with Crippen molar-refractivity contribution in [2.24, 2.45) is 5.92 Å². The van der Waals surface area contributed by atoms with E-state index in [0.717, 1.165) is 5.56 Å². The van der Waals surface area contributed by atoms with Gasteiger partial charge in [-0.15, -0.1) is 0 Å². The van der Waals surface area contributed by atoms with Gasteiger partial charge in [0.2, 0.25) is 17.7 Å². The summed E-state index contributed by atoms with van der Waals surface area (Å²) in [7, 11) is 0. The maximum Gasteiger partial charge on any atom is 0.351 e. The summed E-state index contributed by atoms with van der Waals surface area (Å²) in [5.74, 6) is -8.00. The van der Waals surface area contributed by atoms with Gasteiger partial charge in [0.1, 0.15) is 18.2 Å². The number of carbonyl (C=O) groups excluding carboxylic acids is 4. The van der Waals surface area contributed by atoms with Gasteiger partial charge in [-0.2, -0.15) is 8.78 Å². The Morgan fingerprint density at radius 1 is 1.11 bits per heavy atom. The van der Waals surface area contributed by atoms with Gasteiger partial charge in [-0.25, -0.2) is 0 Å². The maximum atomic E-state index is 14.9. The Hall–Kier alpha value is -3.08. The zero-order chi connectivity index (χ0) is 27.0. The Morgan fingerprint density at radius 2 is 1.75 bits per heavy atom. The van der Waals surface area contributed by atoms with Crippen LogP contribution in [0.15, 0.2) is 30.3 Å². The minimum atomic E-state index is -4.16. The lowest BCUT2D eigenvalue weighted by Gasteiger charge is -2.34. The third-order valence-electron chi connectivity index (χ3n) is 6.21. The van der Waals surface area contributed by atoms with E-state index >= 15 is 0 Å². The number of aliphatic hydroxyl groups is 1. The normalized spacial score (nSPS) is 18.3. The van der Waals surface area contributed by atoms with E-state index in [-0.39, 0.29) is 13.1 Å². The molecule has 36 heavy (non-hydrogen) atoms. The molecule has 11 heteroatoms. The number of likely N-dealkylation sites (tertiary alicyclic amines) is 1. The molecule has 200 valence electrons. The molecule has 0 bridgehead atoms. The summed E-state index contributed by atoms with van der Waals surface area (Å²) >= 11 is 0. The Bertz CT molecular complexity index is 928. The van der Waals surface area contributed by atoms with Gasteiger partial charge in [0.25, 0.3) is 5.91 Å². The number of rotatable bonds is 11. The van der Waals surface area contributed by atoms with Crippen LogP contribution in [-0.2, 0) is 25.6 Å². The molecular formula is C25H36F2N4O5. The van der Waals surface area contributed by atoms with Gasteiger partial charge in [-0.3, -0.25) is 19.2 Å². The number of hydrogen-bond donors (Lipinski definition) is 4. The van der Waals surface area contributed by atoms with Gasteiger partial charge in [0.05, 0.1) is 6.04 Å². The fourth-order valence-corrected chi connectivity index (χ4v) is 4.23. The minimum Gasteiger partial charge on any atom is -0.384 e. The molecule has 4 atom stereocenters. The van der Waals surface area contributed by atoms with Crippen molar-refractivity contribution >= 4 is 23.6 Å². The fourth-order valence-electron chi connectivity index (χ4n) is 4.23. The van der Waals surface area contributed by atoms with Crippen LogP contribution in [0.4, 0.5) is 8.78 Å². The van der Waals surface area contributed by atoms with Crippen LogP contribution in [0.3, 0.4) is 0 Å². The smallest absolute Gasteiger partial charge is 0.351 e. The van der Waals surface area contributed by atoms with E-state index < -0.39 is 59.7 Å². The lowest BCUT2D eigenvalue weighted by Crippen LogP contribution is -2.61. The van der Waals surface area contributed by atoms with Crippen molar-refractivity contribution < 1.29 is 33.1 Å². The third-order valence-corrected chi connectivity index (χ3v) is 6.21. The van der Waals surface area contributed by atoms with Crippen LogP contribution >= 0.6 is 0 Å². The van der Waals surface area contributed by atoms with E-state index in [0.29, 0.717) is 19.3 Å². The number of carbonyl (C=O) groups is 4. The molecular weight excluding hydrogens is 474 g/mol. The summed E-state index contributed by atoms with van der Waals surface area (Å²) in [6.07, 6.45) is -1.32. The van der Waals surface area contributed by atoms with E-state index in [4.69, 9.17) is 0 Å². The fraction of sp³-hybridized carbons (Fsp3) is 0.600. The van der Waals surface area contributed by atoms with Crippen molar-refractivity contribution in [1.29, 1.82) is 0 Å². The monoisotopic (exact) mass is 510 g/mol. The highest BCUT2D eigenvalue weighted by Crippen LogP contribution is 2.26. The van der Waals surface area contributed by atoms with Crippen molar-refractivity contribution in [3.63, 3.8) is 0 Å². The highest BCUT2D eigenvalue weighted by molar-refractivity contribution is 5.92. The van der Waals surface area contributed by atoms with Crippen LogP contribution in [0.1, 0.15) is 46.1 Å². The topological polar surface area (TPSA) is 128 Å². The number of halogens is 2. The lowest BCUT2D eigenvalue weighted by atomic mass is 9.93. The highest BCUT2D eigenvalue weighted by atomic mass is 19.3. The maximum absolute atomic E-state index is 14.9. The van der Waals surface area contributed by atoms with E-state index in [9.17, 15) is 33.1 Å². The molecule has 1 aromatic rings. The molecule has 0 unspecified atom stereocenters. The van der Waals surface area contributed by atoms with Crippen molar-refractivity contribution in [3.05, 3.63) is 35.9 Å². The average Bonchev–Trinajstić information content (AvgIpc) is 3.31. The predicted molar refractivity (Wildman–Crippen MR) is 129 cm³/mol. The van der Waals surface area contributed by atoms with Crippen LogP contribution < -0.4 is 16.0 Å². The van der Waals surface area contributed by atoms with Crippen LogP contribution in [0, 0.1) is 5.92 Å². The lowest BCUT2D eigenvalue weighted by molar-refractivity contribution is -0.169. The van der Waals surface area contributed by atoms with E-state index in [2.05, 4.69) is 16.0 Å². The zero-order valence-electron chi connectivity index (χ0n) is 21.1. The molecule has 4 amide bonds. The number of nitrogens with zero attached hydrogens (tertiary/aromatic N) is 1. The van der Waals surface area contributed by atoms with Crippen molar-refractivity contribution in [3.8, 4) is 0 Å². The number of benzene rings is 1. The zero-order valence-corrected chi connectivity index (χ0v) is 21.1. The number of nitrogens with one attached hydrogen (secondary N) is 3. The first kappa shape index (κ1) is 29.2. The van der Waals surface area contributed by atoms with Gasteiger partial charge in [-0.05, 0) is 37.7 Å². The molecule has 1 saturated heterocycles. The summed E-state index contributed by atoms with van der Waals surface area (Å²) in [5.41, 5.74) is 0.859. The first-order chi connectivity index (χ1) is 16.9. The summed E-state index contributed by atoms with van der Waals surface area (Å²) in [6.45, 7) is 6.06. The second-order valence-electron chi connectivity index (χ2n) is 9.45. The average molecular weight is 511 g/mol. The van der Waals surface area contributed by atoms with Gasteiger partial charge < -0.3 is 26.0 Å². The van der Waals surface area contributed by atoms with E-state index in [1.807, 2.05) is 6.07 Å². The Kier molecular flexibility index (Phi) is 10.3. The van der Waals surface area contributed by atoms with Gasteiger partial charge in [0, 0.05) is 20.0 Å². The number of amides is 4. The largest absolute Gasteiger partial charge is 0.384 e. The van der Waals surface area contributed by atoms with E-state index in [1.54, 1.807) is 24.3 Å². The Labute approximate surface area is 210 Å². The van der Waals surface area contributed by atoms with Crippen molar-refractivity contribution in [1.82, 2.24) is 20.9 Å². The van der Waals surface area contributed by atoms with Gasteiger partial charge >= 0.3 is 5.92 Å². The molecule has 0 aromatic heterocycles. The number of hydrogen-bond acceptors (Lipinski definition) is 5. The van der Waals surface area contributed by atoms with E-state index in [1.165, 1.54) is 32.6 Å². The van der Waals surface area contributed by atoms with Crippen LogP contribution in [0.25, 0.3) is 0 Å². The molecule has 1 fully saturated rings. The molecule has 2 rings (SSSR count). The molecule has 9 nitrogen and oxygen atoms in total. The number of aliphatic hydroxyl groups excluding tert-OH is 1. The van der Waals surface area contributed by atoms with Gasteiger partial charge in [0.15, 0.2) is 0 Å². The Morgan fingerprint density at radius 3 is 2.33 bits per heavy atom. The second kappa shape index (κ2) is 12.8. The minimum absolute atomic E-state index is 0.0461. The molecule has 1 heterocycles. The van der Waals surface area contributed by atoms with Crippen molar-refractivity contribution in [2.45, 2.75) is 77.1 Å². The molecule has 0 saturated carbocycles. The molecule has 0 spiro atoms. The standard InChI is InChI=1S/C25H36F2N4O5/c1-15(2)20(21(33)25(26,27)24(36)28-13-12-18-9-6-5-7-10-18)30-22(34)19-11-8-14-31(19)23(35)16(3)29-17(4)32/h5-7,9-10,15-16,19-21,33H,8,11-14H2,1-4H3,(H,28,36)(H,29,32)(H,30,34)/t16-,19-,20-,21-/m0/s1. The summed E-state index contributed by atoms with van der Waals surface area (Å²) in [5, 5.41) is 17.6. The molecule has 0 aliphatic carbocycles. The summed E-state index contributed by atoms with van der Waals surface area (Å²) in [6, 6.07) is 5.78. The SMILES string of the molecule is CC(=O)N[C@@H](C)C(=O)N1CCC[C@H]1C(=O)N[C@@H](C(C)C)[C@H](O)C(F)(F)C(=O)NCCc1ccccc1. The van der Waals surface area contributed by atoms with Crippen LogP contribution in [-0.4, -0.2) is 76.9 Å². The third kappa shape index (κ3) is 7.46. The van der Waals surface area contributed by atoms with Crippen molar-refractivity contribution in [2.75, 3.05) is 13.1 Å². The molecule has 0 radical (unpaired) electrons. The Balaban J connectivity index is 2.04. The molecule has 1 aliphatic rings. The quantitative estimate of drug-likeness (QED) is 0.353. The van der Waals surface area contributed by atoms with Crippen LogP contribution in [0.5, 0.6) is 0 Å². The van der Waals surface area contributed by atoms with Gasteiger partial charge in [-0.1, -0.05) is 44.2 Å². The van der Waals surface area contributed by atoms with Crippen LogP contribution in [0.2, 0.25) is 0 Å². The number of alkyl halides is 2. The highest BCUT2D eigenvalue weighted by Gasteiger charge is 2.51. The first-order valence-corrected chi connectivity index (χ1v) is 12.1. The summed E-state index contributed by atoms with van der Waals surface area (Å²) in [4.78, 5) is 50.5. The molecule has 1 aromatic carbocycles. The molecule has 4 N–H and O–H groups in total. The summed E-state index contributed by atoms with van der Waals surface area (Å²) < 4.78 is 29.8.